The van der Waals surface area contributed by atoms with Crippen LogP contribution in [-0.2, 0) is 13.0 Å². The molecule has 1 aromatic carbocycles. The molecular formula is C12H10F3N3. The van der Waals surface area contributed by atoms with Gasteiger partial charge in [-0.3, -0.25) is 4.57 Å². The smallest absolute Gasteiger partial charge is 0.183 e. The first-order valence-electron chi connectivity index (χ1n) is 5.57. The lowest BCUT2D eigenvalue weighted by molar-refractivity contribution is 0.489. The minimum atomic E-state index is -1.19. The van der Waals surface area contributed by atoms with Gasteiger partial charge in [0.2, 0.25) is 0 Å². The lowest BCUT2D eigenvalue weighted by Gasteiger charge is -2.15. The summed E-state index contributed by atoms with van der Waals surface area (Å²) in [6.07, 6.45) is 2.04. The van der Waals surface area contributed by atoms with E-state index in [1.807, 2.05) is 0 Å². The van der Waals surface area contributed by atoms with Crippen molar-refractivity contribution in [2.75, 3.05) is 6.54 Å². The number of hydrogen-bond donors (Lipinski definition) is 1. The molecule has 3 nitrogen and oxygen atoms in total. The Morgan fingerprint density at radius 2 is 2.06 bits per heavy atom. The summed E-state index contributed by atoms with van der Waals surface area (Å²) in [5.74, 6) is -3.06. The van der Waals surface area contributed by atoms with E-state index < -0.39 is 17.5 Å². The molecule has 1 aliphatic rings. The number of halogens is 3. The standard InChI is InChI=1S/C12H10F3N3/c13-7-3-8(14)12(15)11(4-7)18-6-17-9-5-16-2-1-10(9)18/h3-4,6,16H,1-2,5H2. The van der Waals surface area contributed by atoms with Gasteiger partial charge < -0.3 is 5.32 Å². The molecule has 3 rings (SSSR count). The molecule has 0 aliphatic carbocycles. The Hall–Kier alpha value is -1.82. The van der Waals surface area contributed by atoms with Crippen LogP contribution >= 0.6 is 0 Å². The zero-order chi connectivity index (χ0) is 12.7. The second-order valence-electron chi connectivity index (χ2n) is 4.16. The molecule has 0 saturated heterocycles. The zero-order valence-corrected chi connectivity index (χ0v) is 9.38. The number of hydrogen-bond acceptors (Lipinski definition) is 2. The van der Waals surface area contributed by atoms with Crippen molar-refractivity contribution in [1.29, 1.82) is 0 Å². The highest BCUT2D eigenvalue weighted by molar-refractivity contribution is 5.38. The number of imidazole rings is 1. The molecule has 0 unspecified atom stereocenters. The van der Waals surface area contributed by atoms with Crippen LogP contribution in [0.4, 0.5) is 13.2 Å². The van der Waals surface area contributed by atoms with E-state index in [9.17, 15) is 13.2 Å². The summed E-state index contributed by atoms with van der Waals surface area (Å²) in [7, 11) is 0. The molecule has 0 fully saturated rings. The predicted molar refractivity (Wildman–Crippen MR) is 58.8 cm³/mol. The van der Waals surface area contributed by atoms with E-state index in [0.29, 0.717) is 19.0 Å². The van der Waals surface area contributed by atoms with Gasteiger partial charge in [-0.2, -0.15) is 0 Å². The van der Waals surface area contributed by atoms with Gasteiger partial charge in [0.05, 0.1) is 17.7 Å². The Labute approximate surface area is 101 Å². The first-order chi connectivity index (χ1) is 8.66. The molecule has 0 bridgehead atoms. The molecule has 6 heteroatoms. The van der Waals surface area contributed by atoms with Crippen LogP contribution in [0.1, 0.15) is 11.4 Å². The van der Waals surface area contributed by atoms with Gasteiger partial charge in [-0.25, -0.2) is 18.2 Å². The van der Waals surface area contributed by atoms with E-state index in [1.54, 1.807) is 0 Å². The van der Waals surface area contributed by atoms with Crippen LogP contribution in [0.15, 0.2) is 18.5 Å². The summed E-state index contributed by atoms with van der Waals surface area (Å²) in [5, 5.41) is 3.13. The fourth-order valence-electron chi connectivity index (χ4n) is 2.16. The summed E-state index contributed by atoms with van der Waals surface area (Å²) in [5.41, 5.74) is 1.44. The first kappa shape index (κ1) is 11.3. The third kappa shape index (κ3) is 1.69. The number of aromatic nitrogens is 2. The van der Waals surface area contributed by atoms with Crippen LogP contribution < -0.4 is 5.32 Å². The van der Waals surface area contributed by atoms with Gasteiger partial charge >= 0.3 is 0 Å². The fourth-order valence-corrected chi connectivity index (χ4v) is 2.16. The summed E-state index contributed by atoms with van der Waals surface area (Å²) < 4.78 is 41.5. The summed E-state index contributed by atoms with van der Waals surface area (Å²) in [6, 6.07) is 1.51. The van der Waals surface area contributed by atoms with Crippen LogP contribution in [0.25, 0.3) is 5.69 Å². The Balaban J connectivity index is 2.18. The van der Waals surface area contributed by atoms with E-state index >= 15 is 0 Å². The zero-order valence-electron chi connectivity index (χ0n) is 9.38. The molecule has 18 heavy (non-hydrogen) atoms. The van der Waals surface area contributed by atoms with Crippen molar-refractivity contribution in [3.63, 3.8) is 0 Å². The van der Waals surface area contributed by atoms with Crippen LogP contribution in [0.5, 0.6) is 0 Å². The van der Waals surface area contributed by atoms with Gasteiger partial charge in [-0.15, -0.1) is 0 Å². The molecule has 0 amide bonds. The number of nitrogens with one attached hydrogen (secondary N) is 1. The van der Waals surface area contributed by atoms with Crippen molar-refractivity contribution in [3.05, 3.63) is 47.3 Å². The highest BCUT2D eigenvalue weighted by Crippen LogP contribution is 2.23. The maximum Gasteiger partial charge on any atom is 0.183 e. The molecule has 1 N–H and O–H groups in total. The molecule has 1 aromatic heterocycles. The molecule has 0 atom stereocenters. The average Bonchev–Trinajstić information content (AvgIpc) is 2.77. The Bertz CT molecular complexity index is 607. The van der Waals surface area contributed by atoms with Gasteiger partial charge in [0, 0.05) is 37.3 Å². The molecule has 0 spiro atoms. The minimum Gasteiger partial charge on any atom is -0.311 e. The largest absolute Gasteiger partial charge is 0.311 e. The summed E-state index contributed by atoms with van der Waals surface area (Å²) >= 11 is 0. The van der Waals surface area contributed by atoms with Gasteiger partial charge in [-0.1, -0.05) is 0 Å². The number of nitrogens with zero attached hydrogens (tertiary/aromatic N) is 2. The van der Waals surface area contributed by atoms with E-state index in [0.717, 1.165) is 24.0 Å². The molecule has 1 aliphatic heterocycles. The first-order valence-corrected chi connectivity index (χ1v) is 5.57. The monoisotopic (exact) mass is 253 g/mol. The van der Waals surface area contributed by atoms with Crippen molar-refractivity contribution in [2.24, 2.45) is 0 Å². The van der Waals surface area contributed by atoms with Crippen molar-refractivity contribution in [1.82, 2.24) is 14.9 Å². The molecular weight excluding hydrogens is 243 g/mol. The third-order valence-corrected chi connectivity index (χ3v) is 3.02. The maximum atomic E-state index is 13.7. The lowest BCUT2D eigenvalue weighted by Crippen LogP contribution is -2.25. The molecule has 94 valence electrons. The van der Waals surface area contributed by atoms with Crippen LogP contribution in [0, 0.1) is 17.5 Å². The summed E-state index contributed by atoms with van der Waals surface area (Å²) in [4.78, 5) is 4.12. The minimum absolute atomic E-state index is 0.136. The second-order valence-corrected chi connectivity index (χ2v) is 4.16. The van der Waals surface area contributed by atoms with Crippen LogP contribution in [0.2, 0.25) is 0 Å². The molecule has 0 radical (unpaired) electrons. The molecule has 2 aromatic rings. The molecule has 2 heterocycles. The van der Waals surface area contributed by atoms with Gasteiger partial charge in [0.25, 0.3) is 0 Å². The van der Waals surface area contributed by atoms with E-state index in [4.69, 9.17) is 0 Å². The second kappa shape index (κ2) is 4.13. The van der Waals surface area contributed by atoms with Crippen LogP contribution in [0.3, 0.4) is 0 Å². The van der Waals surface area contributed by atoms with Gasteiger partial charge in [0.15, 0.2) is 11.6 Å². The van der Waals surface area contributed by atoms with E-state index in [1.165, 1.54) is 10.9 Å². The quantitative estimate of drug-likeness (QED) is 0.787. The summed E-state index contributed by atoms with van der Waals surface area (Å²) in [6.45, 7) is 1.32. The Morgan fingerprint density at radius 1 is 1.22 bits per heavy atom. The van der Waals surface area contributed by atoms with Crippen molar-refractivity contribution < 1.29 is 13.2 Å². The highest BCUT2D eigenvalue weighted by atomic mass is 19.2. The third-order valence-electron chi connectivity index (χ3n) is 3.02. The highest BCUT2D eigenvalue weighted by Gasteiger charge is 2.19. The van der Waals surface area contributed by atoms with Gasteiger partial charge in [0.1, 0.15) is 5.82 Å². The average molecular weight is 253 g/mol. The topological polar surface area (TPSA) is 29.9 Å². The van der Waals surface area contributed by atoms with E-state index in [2.05, 4.69) is 10.3 Å². The maximum absolute atomic E-state index is 13.7. The number of benzene rings is 1. The number of rotatable bonds is 1. The molecule has 0 saturated carbocycles. The van der Waals surface area contributed by atoms with Crippen molar-refractivity contribution in [2.45, 2.75) is 13.0 Å². The lowest BCUT2D eigenvalue weighted by atomic mass is 10.1. The van der Waals surface area contributed by atoms with E-state index in [-0.39, 0.29) is 5.69 Å². The Kier molecular flexibility index (Phi) is 2.59. The van der Waals surface area contributed by atoms with Gasteiger partial charge in [-0.05, 0) is 0 Å². The Morgan fingerprint density at radius 3 is 2.89 bits per heavy atom. The number of fused-ring (bicyclic) bond motifs is 1. The normalized spacial score (nSPS) is 14.6. The van der Waals surface area contributed by atoms with Crippen molar-refractivity contribution in [3.8, 4) is 5.69 Å². The fraction of sp³-hybridized carbons (Fsp3) is 0.250. The van der Waals surface area contributed by atoms with Crippen LogP contribution in [-0.4, -0.2) is 16.1 Å². The SMILES string of the molecule is Fc1cc(F)c(F)c(-n2cnc3c2CCNC3)c1. The predicted octanol–water partition coefficient (Wildman–Crippen LogP) is 1.94. The van der Waals surface area contributed by atoms with Crippen molar-refractivity contribution >= 4 is 0 Å².